The maximum atomic E-state index is 7.50. The average Bonchev–Trinajstić information content (AvgIpc) is 2.46. The molecule has 0 saturated heterocycles. The quantitative estimate of drug-likeness (QED) is 0.569. The van der Waals surface area contributed by atoms with Crippen LogP contribution >= 0.6 is 0 Å². The summed E-state index contributed by atoms with van der Waals surface area (Å²) in [5.41, 5.74) is 7.71. The molecule has 0 bridgehead atoms. The Morgan fingerprint density at radius 1 is 1.19 bits per heavy atom. The molecule has 3 aromatic rings. The van der Waals surface area contributed by atoms with Crippen LogP contribution in [0.5, 0.6) is 11.6 Å². The molecule has 3 rings (SSSR count). The van der Waals surface area contributed by atoms with E-state index >= 15 is 0 Å². The number of nitrogens with two attached hydrogens (primary N) is 1. The Kier molecular flexibility index (Phi) is 3.23. The minimum absolute atomic E-state index is 0.00877. The average molecular weight is 278 g/mol. The van der Waals surface area contributed by atoms with Crippen LogP contribution in [0.25, 0.3) is 10.9 Å². The van der Waals surface area contributed by atoms with Crippen LogP contribution in [0.15, 0.2) is 48.7 Å². The first-order valence-corrected chi connectivity index (χ1v) is 6.47. The topological polar surface area (TPSA) is 84.9 Å². The van der Waals surface area contributed by atoms with Gasteiger partial charge in [0.1, 0.15) is 11.6 Å². The predicted octanol–water partition coefficient (Wildman–Crippen LogP) is 3.01. The third-order valence-electron chi connectivity index (χ3n) is 3.04. The van der Waals surface area contributed by atoms with Gasteiger partial charge in [-0.2, -0.15) is 0 Å². The SMILES string of the molecule is Cc1cc(C(=N)N)cc(Oc2ccc3cccnc3c2)n1. The molecule has 0 unspecified atom stereocenters. The molecule has 0 amide bonds. The fraction of sp³-hybridized carbons (Fsp3) is 0.0625. The van der Waals surface area contributed by atoms with E-state index in [-0.39, 0.29) is 5.84 Å². The van der Waals surface area contributed by atoms with Gasteiger partial charge in [0.2, 0.25) is 5.88 Å². The van der Waals surface area contributed by atoms with E-state index in [0.717, 1.165) is 16.6 Å². The number of aromatic nitrogens is 2. The van der Waals surface area contributed by atoms with Crippen LogP contribution in [-0.2, 0) is 0 Å². The van der Waals surface area contributed by atoms with Gasteiger partial charge in [-0.25, -0.2) is 4.98 Å². The highest BCUT2D eigenvalue weighted by Gasteiger charge is 2.06. The zero-order valence-electron chi connectivity index (χ0n) is 11.5. The lowest BCUT2D eigenvalue weighted by Crippen LogP contribution is -2.11. The van der Waals surface area contributed by atoms with Crippen molar-refractivity contribution in [1.82, 2.24) is 9.97 Å². The number of nitrogens with zero attached hydrogens (tertiary/aromatic N) is 2. The van der Waals surface area contributed by atoms with Gasteiger partial charge in [0.15, 0.2) is 0 Å². The molecule has 0 saturated carbocycles. The number of nitrogens with one attached hydrogen (secondary N) is 1. The maximum absolute atomic E-state index is 7.50. The molecule has 0 radical (unpaired) electrons. The number of pyridine rings is 2. The smallest absolute Gasteiger partial charge is 0.220 e. The summed E-state index contributed by atoms with van der Waals surface area (Å²) in [6.07, 6.45) is 1.74. The highest BCUT2D eigenvalue weighted by molar-refractivity contribution is 5.95. The zero-order valence-corrected chi connectivity index (χ0v) is 11.5. The van der Waals surface area contributed by atoms with Crippen molar-refractivity contribution in [2.45, 2.75) is 6.92 Å². The molecule has 0 aliphatic heterocycles. The van der Waals surface area contributed by atoms with E-state index in [1.807, 2.05) is 37.3 Å². The molecule has 104 valence electrons. The zero-order chi connectivity index (χ0) is 14.8. The number of nitrogen functional groups attached to an aromatic ring is 1. The van der Waals surface area contributed by atoms with Crippen LogP contribution in [0.2, 0.25) is 0 Å². The third kappa shape index (κ3) is 2.81. The predicted molar refractivity (Wildman–Crippen MR) is 81.8 cm³/mol. The van der Waals surface area contributed by atoms with Crippen LogP contribution in [-0.4, -0.2) is 15.8 Å². The lowest BCUT2D eigenvalue weighted by molar-refractivity contribution is 0.462. The largest absolute Gasteiger partial charge is 0.439 e. The van der Waals surface area contributed by atoms with Crippen molar-refractivity contribution in [3.63, 3.8) is 0 Å². The van der Waals surface area contributed by atoms with Gasteiger partial charge >= 0.3 is 0 Å². The number of hydrogen-bond donors (Lipinski definition) is 2. The molecule has 0 aliphatic carbocycles. The second kappa shape index (κ2) is 5.20. The molecular weight excluding hydrogens is 264 g/mol. The summed E-state index contributed by atoms with van der Waals surface area (Å²) in [6, 6.07) is 12.9. The second-order valence-corrected chi connectivity index (χ2v) is 4.71. The van der Waals surface area contributed by atoms with Crippen molar-refractivity contribution in [2.24, 2.45) is 5.73 Å². The molecule has 5 nitrogen and oxygen atoms in total. The van der Waals surface area contributed by atoms with Crippen molar-refractivity contribution >= 4 is 16.7 Å². The molecule has 2 heterocycles. The standard InChI is InChI=1S/C16H14N4O/c1-10-7-12(16(17)18)8-15(20-10)21-13-5-4-11-3-2-6-19-14(11)9-13/h2-9H,1H3,(H3,17,18). The minimum Gasteiger partial charge on any atom is -0.439 e. The number of rotatable bonds is 3. The van der Waals surface area contributed by atoms with Gasteiger partial charge in [-0.05, 0) is 31.2 Å². The first-order chi connectivity index (χ1) is 10.1. The molecule has 0 aliphatic rings. The third-order valence-corrected chi connectivity index (χ3v) is 3.04. The van der Waals surface area contributed by atoms with Gasteiger partial charge in [-0.3, -0.25) is 10.4 Å². The fourth-order valence-corrected chi connectivity index (χ4v) is 2.08. The summed E-state index contributed by atoms with van der Waals surface area (Å²) in [5, 5.41) is 8.55. The van der Waals surface area contributed by atoms with Crippen LogP contribution in [0.4, 0.5) is 0 Å². The number of benzene rings is 1. The first kappa shape index (κ1) is 13.1. The number of ether oxygens (including phenoxy) is 1. The van der Waals surface area contributed by atoms with E-state index in [4.69, 9.17) is 15.9 Å². The lowest BCUT2D eigenvalue weighted by Gasteiger charge is -2.08. The van der Waals surface area contributed by atoms with Crippen molar-refractivity contribution in [3.05, 3.63) is 59.9 Å². The highest BCUT2D eigenvalue weighted by Crippen LogP contribution is 2.24. The first-order valence-electron chi connectivity index (χ1n) is 6.47. The van der Waals surface area contributed by atoms with Crippen LogP contribution < -0.4 is 10.5 Å². The Morgan fingerprint density at radius 2 is 2.05 bits per heavy atom. The molecule has 3 N–H and O–H groups in total. The van der Waals surface area contributed by atoms with Gasteiger partial charge < -0.3 is 10.5 Å². The highest BCUT2D eigenvalue weighted by atomic mass is 16.5. The monoisotopic (exact) mass is 278 g/mol. The molecule has 1 aromatic carbocycles. The van der Waals surface area contributed by atoms with Gasteiger partial charge in [0, 0.05) is 35.0 Å². The molecule has 0 atom stereocenters. The Hall–Kier alpha value is -2.95. The van der Waals surface area contributed by atoms with Crippen LogP contribution in [0.3, 0.4) is 0 Å². The Bertz CT molecular complexity index is 829. The van der Waals surface area contributed by atoms with E-state index in [1.165, 1.54) is 0 Å². The minimum atomic E-state index is -0.00877. The number of amidine groups is 1. The van der Waals surface area contributed by atoms with E-state index in [1.54, 1.807) is 18.3 Å². The van der Waals surface area contributed by atoms with Crippen LogP contribution in [0, 0.1) is 12.3 Å². The molecule has 5 heteroatoms. The van der Waals surface area contributed by atoms with Crippen LogP contribution in [0.1, 0.15) is 11.3 Å². The summed E-state index contributed by atoms with van der Waals surface area (Å²) < 4.78 is 5.75. The summed E-state index contributed by atoms with van der Waals surface area (Å²) in [7, 11) is 0. The van der Waals surface area contributed by atoms with Crippen molar-refractivity contribution < 1.29 is 4.74 Å². The Morgan fingerprint density at radius 3 is 2.86 bits per heavy atom. The van der Waals surface area contributed by atoms with E-state index in [2.05, 4.69) is 9.97 Å². The number of hydrogen-bond acceptors (Lipinski definition) is 4. The summed E-state index contributed by atoms with van der Waals surface area (Å²) in [6.45, 7) is 1.83. The Labute approximate surface area is 121 Å². The van der Waals surface area contributed by atoms with E-state index < -0.39 is 0 Å². The fourth-order valence-electron chi connectivity index (χ4n) is 2.08. The Balaban J connectivity index is 1.96. The number of aryl methyl sites for hydroxylation is 1. The normalized spacial score (nSPS) is 10.5. The lowest BCUT2D eigenvalue weighted by atomic mass is 10.2. The van der Waals surface area contributed by atoms with Gasteiger partial charge in [0.05, 0.1) is 5.52 Å². The van der Waals surface area contributed by atoms with Gasteiger partial charge in [-0.1, -0.05) is 6.07 Å². The summed E-state index contributed by atoms with van der Waals surface area (Å²) in [4.78, 5) is 8.59. The summed E-state index contributed by atoms with van der Waals surface area (Å²) in [5.74, 6) is 1.05. The maximum Gasteiger partial charge on any atom is 0.220 e. The molecule has 0 fully saturated rings. The number of fused-ring (bicyclic) bond motifs is 1. The second-order valence-electron chi connectivity index (χ2n) is 4.71. The molecule has 21 heavy (non-hydrogen) atoms. The van der Waals surface area contributed by atoms with Crippen molar-refractivity contribution in [3.8, 4) is 11.6 Å². The van der Waals surface area contributed by atoms with Gasteiger partial charge in [0.25, 0.3) is 0 Å². The van der Waals surface area contributed by atoms with Crippen molar-refractivity contribution in [2.75, 3.05) is 0 Å². The molecule has 0 spiro atoms. The van der Waals surface area contributed by atoms with Crippen molar-refractivity contribution in [1.29, 1.82) is 5.41 Å². The van der Waals surface area contributed by atoms with E-state index in [9.17, 15) is 0 Å². The van der Waals surface area contributed by atoms with E-state index in [0.29, 0.717) is 17.2 Å². The van der Waals surface area contributed by atoms with Gasteiger partial charge in [-0.15, -0.1) is 0 Å². The summed E-state index contributed by atoms with van der Waals surface area (Å²) >= 11 is 0. The molecular formula is C16H14N4O. The molecule has 2 aromatic heterocycles.